The molecule has 5 heteroatoms. The van der Waals surface area contributed by atoms with Crippen molar-refractivity contribution in [2.45, 2.75) is 33.6 Å². The highest BCUT2D eigenvalue weighted by molar-refractivity contribution is 5.92. The van der Waals surface area contributed by atoms with Gasteiger partial charge >= 0.3 is 5.97 Å². The highest BCUT2D eigenvalue weighted by Gasteiger charge is 2.22. The zero-order valence-corrected chi connectivity index (χ0v) is 15.7. The minimum atomic E-state index is -1.16. The molecule has 0 heterocycles. The molecular formula is C22H23F2NO2. The average Bonchev–Trinajstić information content (AvgIpc) is 3.47. The van der Waals surface area contributed by atoms with E-state index in [-0.39, 0.29) is 27.8 Å². The molecule has 0 saturated heterocycles. The summed E-state index contributed by atoms with van der Waals surface area (Å²) < 4.78 is 29.9. The molecule has 0 amide bonds. The predicted molar refractivity (Wildman–Crippen MR) is 104 cm³/mol. The van der Waals surface area contributed by atoms with Gasteiger partial charge in [-0.1, -0.05) is 12.1 Å². The van der Waals surface area contributed by atoms with Crippen LogP contribution in [0.4, 0.5) is 14.5 Å². The van der Waals surface area contributed by atoms with E-state index in [0.29, 0.717) is 5.56 Å². The molecule has 0 bridgehead atoms. The second-order valence-electron chi connectivity index (χ2n) is 7.20. The van der Waals surface area contributed by atoms with Crippen molar-refractivity contribution in [2.75, 3.05) is 11.9 Å². The number of rotatable bonds is 6. The second-order valence-corrected chi connectivity index (χ2v) is 7.20. The van der Waals surface area contributed by atoms with Crippen molar-refractivity contribution >= 4 is 17.7 Å². The van der Waals surface area contributed by atoms with E-state index in [1.807, 2.05) is 12.1 Å². The third kappa shape index (κ3) is 4.02. The topological polar surface area (TPSA) is 49.3 Å². The minimum absolute atomic E-state index is 0.0172. The quantitative estimate of drug-likeness (QED) is 0.654. The lowest BCUT2D eigenvalue weighted by molar-refractivity contribution is -0.132. The lowest BCUT2D eigenvalue weighted by atomic mass is 9.92. The van der Waals surface area contributed by atoms with Gasteiger partial charge in [-0.2, -0.15) is 0 Å². The van der Waals surface area contributed by atoms with Crippen molar-refractivity contribution in [3.05, 3.63) is 58.2 Å². The number of carboxylic acid groups (broad SMARTS) is 1. The zero-order valence-electron chi connectivity index (χ0n) is 15.7. The summed E-state index contributed by atoms with van der Waals surface area (Å²) in [7, 11) is 0. The number of hydrogen-bond donors (Lipinski definition) is 2. The first-order valence-electron chi connectivity index (χ1n) is 9.03. The van der Waals surface area contributed by atoms with Gasteiger partial charge in [-0.3, -0.25) is 0 Å². The van der Waals surface area contributed by atoms with Crippen molar-refractivity contribution in [1.82, 2.24) is 0 Å². The fourth-order valence-corrected chi connectivity index (χ4v) is 3.08. The summed E-state index contributed by atoms with van der Waals surface area (Å²) in [5.74, 6) is -1.54. The fraction of sp³-hybridized carbons (Fsp3) is 0.318. The number of nitrogens with one attached hydrogen (secondary N) is 1. The van der Waals surface area contributed by atoms with E-state index in [0.717, 1.165) is 18.2 Å². The zero-order chi connectivity index (χ0) is 19.7. The summed E-state index contributed by atoms with van der Waals surface area (Å²) in [5, 5.41) is 12.4. The fourth-order valence-electron chi connectivity index (χ4n) is 3.08. The van der Waals surface area contributed by atoms with Crippen molar-refractivity contribution in [3.8, 4) is 11.1 Å². The third-order valence-electron chi connectivity index (χ3n) is 5.06. The smallest absolute Gasteiger partial charge is 0.331 e. The molecule has 2 N–H and O–H groups in total. The molecule has 1 aliphatic rings. The third-order valence-corrected chi connectivity index (χ3v) is 5.06. The molecule has 3 rings (SSSR count). The summed E-state index contributed by atoms with van der Waals surface area (Å²) in [6.45, 7) is 5.27. The Morgan fingerprint density at radius 1 is 1.15 bits per heavy atom. The maximum atomic E-state index is 15.0. The number of carboxylic acids is 1. The van der Waals surface area contributed by atoms with Gasteiger partial charge < -0.3 is 10.4 Å². The first kappa shape index (κ1) is 19.1. The van der Waals surface area contributed by atoms with Crippen LogP contribution >= 0.6 is 0 Å². The van der Waals surface area contributed by atoms with E-state index in [2.05, 4.69) is 5.32 Å². The molecule has 0 radical (unpaired) electrons. The molecule has 142 valence electrons. The standard InChI is InChI=1S/C22H23F2NO2/c1-12(22(26)27)10-18-13(2)21(24)19(14(3)20(18)23)16-6-8-17(9-7-16)25-11-15-4-5-15/h6-10,15,25H,4-5,11H2,1-3H3,(H,26,27)/b12-10+. The van der Waals surface area contributed by atoms with Crippen LogP contribution in [0.5, 0.6) is 0 Å². The van der Waals surface area contributed by atoms with Crippen LogP contribution < -0.4 is 5.32 Å². The van der Waals surface area contributed by atoms with Gasteiger partial charge in [-0.15, -0.1) is 0 Å². The monoisotopic (exact) mass is 371 g/mol. The van der Waals surface area contributed by atoms with Crippen molar-refractivity contribution in [2.24, 2.45) is 5.92 Å². The Labute approximate surface area is 157 Å². The first-order chi connectivity index (χ1) is 12.8. The van der Waals surface area contributed by atoms with E-state index in [1.54, 1.807) is 12.1 Å². The maximum Gasteiger partial charge on any atom is 0.331 e. The molecule has 1 fully saturated rings. The van der Waals surface area contributed by atoms with Crippen LogP contribution in [0.2, 0.25) is 0 Å². The van der Waals surface area contributed by atoms with Crippen molar-refractivity contribution in [3.63, 3.8) is 0 Å². The Balaban J connectivity index is 1.98. The van der Waals surface area contributed by atoms with Gasteiger partial charge in [0.1, 0.15) is 11.6 Å². The molecule has 1 saturated carbocycles. The molecule has 0 spiro atoms. The first-order valence-corrected chi connectivity index (χ1v) is 9.03. The highest BCUT2D eigenvalue weighted by Crippen LogP contribution is 2.35. The largest absolute Gasteiger partial charge is 0.478 e. The maximum absolute atomic E-state index is 15.0. The SMILES string of the molecule is C/C(=C\c1c(C)c(F)c(-c2ccc(NCC3CC3)cc2)c(C)c1F)C(=O)O. The Morgan fingerprint density at radius 3 is 2.33 bits per heavy atom. The summed E-state index contributed by atoms with van der Waals surface area (Å²) in [6.07, 6.45) is 3.70. The Hall–Kier alpha value is -2.69. The molecule has 0 unspecified atom stereocenters. The summed E-state index contributed by atoms with van der Waals surface area (Å²) in [6, 6.07) is 7.29. The van der Waals surface area contributed by atoms with Crippen LogP contribution in [-0.2, 0) is 4.79 Å². The molecule has 1 aliphatic carbocycles. The number of halogens is 2. The molecule has 3 nitrogen and oxygen atoms in total. The van der Waals surface area contributed by atoms with E-state index < -0.39 is 17.6 Å². The Morgan fingerprint density at radius 2 is 1.78 bits per heavy atom. The lowest BCUT2D eigenvalue weighted by Gasteiger charge is -2.15. The normalized spacial score (nSPS) is 14.3. The number of aliphatic carboxylic acids is 1. The molecular weight excluding hydrogens is 348 g/mol. The number of carbonyl (C=O) groups is 1. The van der Waals surface area contributed by atoms with Gasteiger partial charge in [0.2, 0.25) is 0 Å². The van der Waals surface area contributed by atoms with E-state index >= 15 is 4.39 Å². The second kappa shape index (κ2) is 7.51. The molecule has 2 aromatic rings. The lowest BCUT2D eigenvalue weighted by Crippen LogP contribution is -2.04. The molecule has 0 atom stereocenters. The Bertz CT molecular complexity index is 884. The van der Waals surface area contributed by atoms with Gasteiger partial charge in [0, 0.05) is 28.9 Å². The van der Waals surface area contributed by atoms with E-state index in [4.69, 9.17) is 5.11 Å². The Kier molecular flexibility index (Phi) is 5.31. The average molecular weight is 371 g/mol. The van der Waals surface area contributed by atoms with E-state index in [9.17, 15) is 9.18 Å². The van der Waals surface area contributed by atoms with Gasteiger partial charge in [-0.25, -0.2) is 13.6 Å². The number of benzene rings is 2. The van der Waals surface area contributed by atoms with Crippen LogP contribution in [0.1, 0.15) is 36.5 Å². The predicted octanol–water partition coefficient (Wildman–Crippen LogP) is 5.56. The van der Waals surface area contributed by atoms with Crippen LogP contribution in [0.3, 0.4) is 0 Å². The van der Waals surface area contributed by atoms with Crippen LogP contribution in [-0.4, -0.2) is 17.6 Å². The van der Waals surface area contributed by atoms with Crippen LogP contribution in [0.15, 0.2) is 29.8 Å². The summed E-state index contributed by atoms with van der Waals surface area (Å²) in [4.78, 5) is 11.0. The highest BCUT2D eigenvalue weighted by atomic mass is 19.1. The molecule has 27 heavy (non-hydrogen) atoms. The molecule has 2 aromatic carbocycles. The van der Waals surface area contributed by atoms with Crippen LogP contribution in [0, 0.1) is 31.4 Å². The van der Waals surface area contributed by atoms with Gasteiger partial charge in [0.15, 0.2) is 0 Å². The number of anilines is 1. The van der Waals surface area contributed by atoms with Gasteiger partial charge in [0.25, 0.3) is 0 Å². The number of hydrogen-bond acceptors (Lipinski definition) is 2. The summed E-state index contributed by atoms with van der Waals surface area (Å²) >= 11 is 0. The summed E-state index contributed by atoms with van der Waals surface area (Å²) in [5.41, 5.74) is 1.97. The van der Waals surface area contributed by atoms with Crippen molar-refractivity contribution < 1.29 is 18.7 Å². The van der Waals surface area contributed by atoms with E-state index in [1.165, 1.54) is 39.7 Å². The molecule has 0 aliphatic heterocycles. The van der Waals surface area contributed by atoms with Gasteiger partial charge in [-0.05, 0) is 74.4 Å². The minimum Gasteiger partial charge on any atom is -0.478 e. The van der Waals surface area contributed by atoms with Gasteiger partial charge in [0.05, 0.1) is 0 Å². The van der Waals surface area contributed by atoms with Crippen molar-refractivity contribution in [1.29, 1.82) is 0 Å². The molecule has 0 aromatic heterocycles. The van der Waals surface area contributed by atoms with Crippen LogP contribution in [0.25, 0.3) is 17.2 Å².